The van der Waals surface area contributed by atoms with Gasteiger partial charge in [-0.3, -0.25) is 0 Å². The fourth-order valence-electron chi connectivity index (χ4n) is 2.52. The van der Waals surface area contributed by atoms with E-state index in [0.717, 1.165) is 22.3 Å². The van der Waals surface area contributed by atoms with E-state index in [2.05, 4.69) is 0 Å². The normalized spacial score (nSPS) is 10.4. The van der Waals surface area contributed by atoms with E-state index in [-0.39, 0.29) is 11.9 Å². The Balaban J connectivity index is 2.70. The third kappa shape index (κ3) is 3.64. The molecule has 0 N–H and O–H groups in total. The second kappa shape index (κ2) is 7.60. The van der Waals surface area contributed by atoms with Crippen molar-refractivity contribution in [2.45, 2.75) is 20.8 Å². The van der Waals surface area contributed by atoms with Crippen LogP contribution in [0.25, 0.3) is 5.57 Å². The number of esters is 1. The molecule has 0 saturated heterocycles. The Morgan fingerprint density at radius 2 is 1.36 bits per heavy atom. The molecule has 2 aromatic rings. The molecule has 0 radical (unpaired) electrons. The molecule has 0 heterocycles. The summed E-state index contributed by atoms with van der Waals surface area (Å²) in [5.74, 6) is -0.158. The van der Waals surface area contributed by atoms with Crippen LogP contribution in [0, 0.1) is 5.92 Å². The first kappa shape index (κ1) is 16.0. The molecular weight excluding hydrogens is 272 g/mol. The molecule has 0 aromatic heterocycles. The molecular formula is C20H22O2. The van der Waals surface area contributed by atoms with Gasteiger partial charge in [-0.1, -0.05) is 74.5 Å². The molecule has 0 fully saturated rings. The van der Waals surface area contributed by atoms with Crippen LogP contribution in [0.2, 0.25) is 0 Å². The molecule has 0 bridgehead atoms. The summed E-state index contributed by atoms with van der Waals surface area (Å²) in [6.07, 6.45) is 0. The van der Waals surface area contributed by atoms with Crippen LogP contribution in [0.5, 0.6) is 0 Å². The Labute approximate surface area is 132 Å². The molecule has 0 aliphatic heterocycles. The summed E-state index contributed by atoms with van der Waals surface area (Å²) in [4.78, 5) is 12.5. The average molecular weight is 294 g/mol. The first-order valence-corrected chi connectivity index (χ1v) is 7.67. The Morgan fingerprint density at radius 1 is 0.909 bits per heavy atom. The van der Waals surface area contributed by atoms with Gasteiger partial charge in [0.2, 0.25) is 0 Å². The number of carbonyl (C=O) groups excluding carboxylic acids is 1. The highest BCUT2D eigenvalue weighted by Gasteiger charge is 2.22. The first-order chi connectivity index (χ1) is 10.6. The lowest BCUT2D eigenvalue weighted by Gasteiger charge is -2.18. The van der Waals surface area contributed by atoms with Crippen LogP contribution in [0.3, 0.4) is 0 Å². The van der Waals surface area contributed by atoms with Crippen molar-refractivity contribution in [2.24, 2.45) is 5.92 Å². The van der Waals surface area contributed by atoms with Gasteiger partial charge in [0.15, 0.2) is 0 Å². The van der Waals surface area contributed by atoms with E-state index in [4.69, 9.17) is 4.74 Å². The molecule has 0 saturated carbocycles. The molecule has 0 atom stereocenters. The maximum absolute atomic E-state index is 12.5. The van der Waals surface area contributed by atoms with Crippen LogP contribution in [0.15, 0.2) is 66.2 Å². The Bertz CT molecular complexity index is 598. The number of benzene rings is 2. The predicted octanol–water partition coefficient (Wildman–Crippen LogP) is 4.71. The van der Waals surface area contributed by atoms with E-state index in [0.29, 0.717) is 6.61 Å². The van der Waals surface area contributed by atoms with Crippen molar-refractivity contribution in [3.05, 3.63) is 77.4 Å². The standard InChI is InChI=1S/C20H22O2/c1-4-22-20(21)18(15(2)3)19(16-11-7-5-8-12-16)17-13-9-6-10-14-17/h5-15H,4H2,1-3H3. The molecule has 2 heteroatoms. The lowest BCUT2D eigenvalue weighted by molar-refractivity contribution is -0.138. The lowest BCUT2D eigenvalue weighted by atomic mass is 9.88. The summed E-state index contributed by atoms with van der Waals surface area (Å²) in [7, 11) is 0. The maximum Gasteiger partial charge on any atom is 0.334 e. The van der Waals surface area contributed by atoms with Gasteiger partial charge in [0.05, 0.1) is 6.61 Å². The summed E-state index contributed by atoms with van der Waals surface area (Å²) in [5, 5.41) is 0. The van der Waals surface area contributed by atoms with Crippen LogP contribution in [0.4, 0.5) is 0 Å². The molecule has 0 amide bonds. The van der Waals surface area contributed by atoms with Gasteiger partial charge in [-0.2, -0.15) is 0 Å². The summed E-state index contributed by atoms with van der Waals surface area (Å²) in [6.45, 7) is 6.27. The van der Waals surface area contributed by atoms with Gasteiger partial charge in [0.1, 0.15) is 0 Å². The molecule has 22 heavy (non-hydrogen) atoms. The fourth-order valence-corrected chi connectivity index (χ4v) is 2.52. The summed E-state index contributed by atoms with van der Waals surface area (Å²) in [5.41, 5.74) is 3.74. The second-order valence-electron chi connectivity index (χ2n) is 5.40. The molecule has 114 valence electrons. The predicted molar refractivity (Wildman–Crippen MR) is 90.4 cm³/mol. The number of rotatable bonds is 5. The third-order valence-corrected chi connectivity index (χ3v) is 3.47. The number of carbonyl (C=O) groups is 1. The SMILES string of the molecule is CCOC(=O)C(=C(c1ccccc1)c1ccccc1)C(C)C. The van der Waals surface area contributed by atoms with Crippen molar-refractivity contribution in [1.29, 1.82) is 0 Å². The van der Waals surface area contributed by atoms with E-state index in [1.165, 1.54) is 0 Å². The van der Waals surface area contributed by atoms with Gasteiger partial charge >= 0.3 is 5.97 Å². The Kier molecular flexibility index (Phi) is 5.54. The molecule has 2 nitrogen and oxygen atoms in total. The minimum Gasteiger partial charge on any atom is -0.463 e. The summed E-state index contributed by atoms with van der Waals surface area (Å²) in [6, 6.07) is 20.0. The van der Waals surface area contributed by atoms with Gasteiger partial charge in [0.25, 0.3) is 0 Å². The average Bonchev–Trinajstić information content (AvgIpc) is 2.54. The van der Waals surface area contributed by atoms with Crippen LogP contribution in [0.1, 0.15) is 31.9 Å². The van der Waals surface area contributed by atoms with E-state index in [1.807, 2.05) is 81.4 Å². The Morgan fingerprint density at radius 3 is 1.73 bits per heavy atom. The van der Waals surface area contributed by atoms with Crippen molar-refractivity contribution in [3.8, 4) is 0 Å². The van der Waals surface area contributed by atoms with E-state index >= 15 is 0 Å². The monoisotopic (exact) mass is 294 g/mol. The van der Waals surface area contributed by atoms with Gasteiger partial charge in [-0.05, 0) is 29.5 Å². The van der Waals surface area contributed by atoms with Gasteiger partial charge in [-0.15, -0.1) is 0 Å². The number of hydrogen-bond donors (Lipinski definition) is 0. The third-order valence-electron chi connectivity index (χ3n) is 3.47. The Hall–Kier alpha value is -2.35. The summed E-state index contributed by atoms with van der Waals surface area (Å²) < 4.78 is 5.29. The highest BCUT2D eigenvalue weighted by atomic mass is 16.5. The fraction of sp³-hybridized carbons (Fsp3) is 0.250. The largest absolute Gasteiger partial charge is 0.463 e. The molecule has 2 rings (SSSR count). The smallest absolute Gasteiger partial charge is 0.334 e. The van der Waals surface area contributed by atoms with Gasteiger partial charge in [0, 0.05) is 5.57 Å². The van der Waals surface area contributed by atoms with Crippen molar-refractivity contribution >= 4 is 11.5 Å². The van der Waals surface area contributed by atoms with Crippen molar-refractivity contribution in [2.75, 3.05) is 6.61 Å². The highest BCUT2D eigenvalue weighted by Crippen LogP contribution is 2.31. The van der Waals surface area contributed by atoms with Crippen LogP contribution < -0.4 is 0 Å². The van der Waals surface area contributed by atoms with Gasteiger partial charge < -0.3 is 4.74 Å². The molecule has 2 aromatic carbocycles. The lowest BCUT2D eigenvalue weighted by Crippen LogP contribution is -2.15. The van der Waals surface area contributed by atoms with Crippen molar-refractivity contribution in [3.63, 3.8) is 0 Å². The van der Waals surface area contributed by atoms with E-state index in [9.17, 15) is 4.79 Å². The molecule has 0 unspecified atom stereocenters. The quantitative estimate of drug-likeness (QED) is 0.590. The van der Waals surface area contributed by atoms with Crippen LogP contribution in [-0.2, 0) is 9.53 Å². The maximum atomic E-state index is 12.5. The minimum atomic E-state index is -0.236. The highest BCUT2D eigenvalue weighted by molar-refractivity contribution is 6.02. The minimum absolute atomic E-state index is 0.0782. The number of ether oxygens (including phenoxy) is 1. The first-order valence-electron chi connectivity index (χ1n) is 7.67. The van der Waals surface area contributed by atoms with Crippen LogP contribution in [-0.4, -0.2) is 12.6 Å². The van der Waals surface area contributed by atoms with Crippen LogP contribution >= 0.6 is 0 Å². The van der Waals surface area contributed by atoms with Gasteiger partial charge in [-0.25, -0.2) is 4.79 Å². The zero-order valence-corrected chi connectivity index (χ0v) is 13.4. The topological polar surface area (TPSA) is 26.3 Å². The van der Waals surface area contributed by atoms with E-state index in [1.54, 1.807) is 0 Å². The molecule has 0 aliphatic carbocycles. The van der Waals surface area contributed by atoms with Crippen molar-refractivity contribution < 1.29 is 9.53 Å². The second-order valence-corrected chi connectivity index (χ2v) is 5.40. The summed E-state index contributed by atoms with van der Waals surface area (Å²) >= 11 is 0. The van der Waals surface area contributed by atoms with E-state index < -0.39 is 0 Å². The zero-order chi connectivity index (χ0) is 15.9. The van der Waals surface area contributed by atoms with Crippen molar-refractivity contribution in [1.82, 2.24) is 0 Å². The molecule has 0 aliphatic rings. The number of hydrogen-bond acceptors (Lipinski definition) is 2. The zero-order valence-electron chi connectivity index (χ0n) is 13.4. The molecule has 0 spiro atoms.